The van der Waals surface area contributed by atoms with Gasteiger partial charge < -0.3 is 50.7 Å². The lowest BCUT2D eigenvalue weighted by Gasteiger charge is -2.25. The summed E-state index contributed by atoms with van der Waals surface area (Å²) >= 11 is 0. The first-order valence-electron chi connectivity index (χ1n) is 18.3. The van der Waals surface area contributed by atoms with Crippen molar-refractivity contribution in [1.82, 2.24) is 20.9 Å². The number of urea groups is 1. The van der Waals surface area contributed by atoms with Gasteiger partial charge in [-0.3, -0.25) is 33.7 Å². The third-order valence-corrected chi connectivity index (χ3v) is 7.89. The maximum Gasteiger partial charge on any atom is 0.312 e. The third-order valence-electron chi connectivity index (χ3n) is 7.89. The molecule has 0 radical (unpaired) electrons. The fourth-order valence-corrected chi connectivity index (χ4v) is 4.80. The Labute approximate surface area is 321 Å². The van der Waals surface area contributed by atoms with Gasteiger partial charge in [-0.15, -0.1) is 0 Å². The summed E-state index contributed by atoms with van der Waals surface area (Å²) in [5, 5.41) is 10.7. The Balaban J connectivity index is 1.70. The van der Waals surface area contributed by atoms with Crippen LogP contribution in [0.1, 0.15) is 52.5 Å². The molecule has 18 heteroatoms. The van der Waals surface area contributed by atoms with Gasteiger partial charge in [-0.05, 0) is 36.5 Å². The van der Waals surface area contributed by atoms with Crippen LogP contribution < -0.4 is 27.0 Å². The van der Waals surface area contributed by atoms with Gasteiger partial charge in [-0.1, -0.05) is 39.8 Å². The minimum atomic E-state index is -1.00. The van der Waals surface area contributed by atoms with Gasteiger partial charge in [0, 0.05) is 30.8 Å². The molecule has 306 valence electrons. The predicted octanol–water partition coefficient (Wildman–Crippen LogP) is 0.780. The molecule has 1 unspecified atom stereocenters. The van der Waals surface area contributed by atoms with Gasteiger partial charge in [0.05, 0.1) is 65.3 Å². The first-order valence-corrected chi connectivity index (χ1v) is 18.3. The zero-order valence-corrected chi connectivity index (χ0v) is 32.1. The summed E-state index contributed by atoms with van der Waals surface area (Å²) < 4.78 is 26.9. The number of nitrogens with zero attached hydrogens (tertiary/aromatic N) is 1. The van der Waals surface area contributed by atoms with Gasteiger partial charge in [0.1, 0.15) is 18.7 Å². The highest BCUT2D eigenvalue weighted by molar-refractivity contribution is 6.12. The second-order valence-electron chi connectivity index (χ2n) is 13.1. The molecule has 2 rings (SSSR count). The van der Waals surface area contributed by atoms with Crippen molar-refractivity contribution in [2.24, 2.45) is 17.6 Å². The fourth-order valence-electron chi connectivity index (χ4n) is 4.80. The molecule has 1 aromatic carbocycles. The Hall–Kier alpha value is -4.91. The minimum Gasteiger partial charge on any atom is -0.461 e. The molecule has 18 nitrogen and oxygen atoms in total. The van der Waals surface area contributed by atoms with Crippen molar-refractivity contribution < 1.29 is 57.2 Å². The fraction of sp³-hybridized carbons (Fsp3) is 0.595. The van der Waals surface area contributed by atoms with Crippen LogP contribution in [0.25, 0.3) is 0 Å². The molecule has 7 amide bonds. The van der Waals surface area contributed by atoms with Crippen LogP contribution in [0.2, 0.25) is 0 Å². The van der Waals surface area contributed by atoms with E-state index in [0.717, 1.165) is 10.5 Å². The van der Waals surface area contributed by atoms with E-state index in [9.17, 15) is 33.6 Å². The maximum absolute atomic E-state index is 13.4. The van der Waals surface area contributed by atoms with Crippen LogP contribution in [0.3, 0.4) is 0 Å². The van der Waals surface area contributed by atoms with Gasteiger partial charge in [-0.25, -0.2) is 4.79 Å². The molecule has 2 atom stereocenters. The third kappa shape index (κ3) is 19.3. The van der Waals surface area contributed by atoms with Crippen molar-refractivity contribution >= 4 is 47.2 Å². The summed E-state index contributed by atoms with van der Waals surface area (Å²) in [6, 6.07) is 4.06. The van der Waals surface area contributed by atoms with Gasteiger partial charge in [-0.2, -0.15) is 0 Å². The normalized spacial score (nSPS) is 13.5. The van der Waals surface area contributed by atoms with E-state index in [-0.39, 0.29) is 88.6 Å². The number of anilines is 1. The number of nitrogens with one attached hydrogen (secondary N) is 4. The second kappa shape index (κ2) is 26.0. The van der Waals surface area contributed by atoms with Crippen molar-refractivity contribution in [2.75, 3.05) is 71.3 Å². The van der Waals surface area contributed by atoms with Gasteiger partial charge in [0.25, 0.3) is 11.8 Å². The molecule has 0 aliphatic carbocycles. The lowest BCUT2D eigenvalue weighted by molar-refractivity contribution is -0.148. The molecule has 0 saturated heterocycles. The number of imide groups is 1. The summed E-state index contributed by atoms with van der Waals surface area (Å²) in [6.45, 7) is 9.58. The number of amides is 7. The number of ether oxygens (including phenoxy) is 5. The number of carbonyl (C=O) groups is 7. The Morgan fingerprint density at radius 2 is 1.31 bits per heavy atom. The monoisotopic (exact) mass is 776 g/mol. The van der Waals surface area contributed by atoms with Crippen LogP contribution in [-0.4, -0.2) is 124 Å². The van der Waals surface area contributed by atoms with Crippen LogP contribution in [-0.2, 0) is 59.1 Å². The van der Waals surface area contributed by atoms with E-state index in [0.29, 0.717) is 38.5 Å². The number of esters is 1. The summed E-state index contributed by atoms with van der Waals surface area (Å²) in [5.41, 5.74) is 6.33. The minimum absolute atomic E-state index is 0.00836. The summed E-state index contributed by atoms with van der Waals surface area (Å²) in [4.78, 5) is 86.3. The molecule has 0 aromatic heterocycles. The molecule has 55 heavy (non-hydrogen) atoms. The average Bonchev–Trinajstić information content (AvgIpc) is 3.46. The topological polar surface area (TPSA) is 243 Å². The van der Waals surface area contributed by atoms with Gasteiger partial charge >= 0.3 is 12.0 Å². The van der Waals surface area contributed by atoms with Gasteiger partial charge in [0.2, 0.25) is 17.7 Å². The highest BCUT2D eigenvalue weighted by Crippen LogP contribution is 2.13. The number of rotatable bonds is 28. The Bertz CT molecular complexity index is 1420. The SMILES string of the molecule is CC(C)C(=O)OCc1ccc(NC(=O)C(CCCNC(N)=O)NC(=O)[C@@H](NC(=O)CCOCCOCCOCCOCCN2C(=O)C=CC2=O)C(C)C)cc1. The maximum atomic E-state index is 13.4. The standard InChI is InChI=1S/C37H56N6O12/c1-25(2)33(42-30(44)13-16-51-18-20-53-22-23-54-21-19-52-17-15-43-31(45)11-12-32(43)46)35(48)41-29(6-5-14-39-37(38)50)34(47)40-28-9-7-27(8-10-28)24-55-36(49)26(3)4/h7-12,25-26,29,33H,5-6,13-24H2,1-4H3,(H,40,47)(H,41,48)(H,42,44)(H3,38,39,50)/t29?,33-/m0/s1. The summed E-state index contributed by atoms with van der Waals surface area (Å²) in [7, 11) is 0. The number of benzene rings is 1. The molecule has 1 heterocycles. The van der Waals surface area contributed by atoms with E-state index in [4.69, 9.17) is 29.4 Å². The second-order valence-corrected chi connectivity index (χ2v) is 13.1. The molecular formula is C37H56N6O12. The van der Waals surface area contributed by atoms with Crippen LogP contribution in [0.15, 0.2) is 36.4 Å². The smallest absolute Gasteiger partial charge is 0.312 e. The summed E-state index contributed by atoms with van der Waals surface area (Å²) in [6.07, 6.45) is 2.94. The van der Waals surface area contributed by atoms with Gasteiger partial charge in [0.15, 0.2) is 0 Å². The first kappa shape index (κ1) is 46.2. The Kier molecular flexibility index (Phi) is 21.9. The first-order chi connectivity index (χ1) is 26.3. The highest BCUT2D eigenvalue weighted by atomic mass is 16.6. The van der Waals surface area contributed by atoms with E-state index >= 15 is 0 Å². The number of nitrogens with two attached hydrogens (primary N) is 1. The van der Waals surface area contributed by atoms with E-state index in [1.807, 2.05) is 0 Å². The molecule has 1 aliphatic heterocycles. The number of primary amides is 1. The molecule has 6 N–H and O–H groups in total. The molecule has 1 aromatic rings. The molecule has 0 spiro atoms. The zero-order valence-electron chi connectivity index (χ0n) is 32.1. The average molecular weight is 777 g/mol. The molecule has 0 fully saturated rings. The van der Waals surface area contributed by atoms with Crippen molar-refractivity contribution in [1.29, 1.82) is 0 Å². The number of carbonyl (C=O) groups excluding carboxylic acids is 7. The van der Waals surface area contributed by atoms with E-state index in [1.54, 1.807) is 52.0 Å². The van der Waals surface area contributed by atoms with E-state index in [2.05, 4.69) is 21.3 Å². The van der Waals surface area contributed by atoms with Crippen molar-refractivity contribution in [2.45, 2.75) is 65.6 Å². The molecular weight excluding hydrogens is 720 g/mol. The van der Waals surface area contributed by atoms with Crippen molar-refractivity contribution in [3.63, 3.8) is 0 Å². The van der Waals surface area contributed by atoms with Crippen LogP contribution in [0.5, 0.6) is 0 Å². The van der Waals surface area contributed by atoms with Crippen LogP contribution >= 0.6 is 0 Å². The quantitative estimate of drug-likeness (QED) is 0.0451. The van der Waals surface area contributed by atoms with Crippen molar-refractivity contribution in [3.8, 4) is 0 Å². The molecule has 1 aliphatic rings. The molecule has 0 bridgehead atoms. The number of hydrogen-bond acceptors (Lipinski definition) is 12. The predicted molar refractivity (Wildman–Crippen MR) is 199 cm³/mol. The van der Waals surface area contributed by atoms with Crippen molar-refractivity contribution in [3.05, 3.63) is 42.0 Å². The lowest BCUT2D eigenvalue weighted by Crippen LogP contribution is -2.54. The van der Waals surface area contributed by atoms with Crippen LogP contribution in [0, 0.1) is 11.8 Å². The highest BCUT2D eigenvalue weighted by Gasteiger charge is 2.29. The zero-order chi connectivity index (χ0) is 40.6. The number of hydrogen-bond donors (Lipinski definition) is 5. The van der Waals surface area contributed by atoms with E-state index < -0.39 is 35.8 Å². The van der Waals surface area contributed by atoms with Crippen LogP contribution in [0.4, 0.5) is 10.5 Å². The van der Waals surface area contributed by atoms with E-state index in [1.165, 1.54) is 12.2 Å². The molecule has 0 saturated carbocycles. The lowest BCUT2D eigenvalue weighted by atomic mass is 10.0. The Morgan fingerprint density at radius 3 is 1.85 bits per heavy atom. The largest absolute Gasteiger partial charge is 0.461 e. The Morgan fingerprint density at radius 1 is 0.745 bits per heavy atom. The summed E-state index contributed by atoms with van der Waals surface area (Å²) in [5.74, 6) is -3.05.